The van der Waals surface area contributed by atoms with Crippen LogP contribution in [0.3, 0.4) is 0 Å². The minimum Gasteiger partial charge on any atom is -0.480 e. The molecule has 6 heteroatoms. The van der Waals surface area contributed by atoms with Crippen LogP contribution >= 0.6 is 0 Å². The Morgan fingerprint density at radius 2 is 2.06 bits per heavy atom. The van der Waals surface area contributed by atoms with E-state index in [1.165, 1.54) is 19.8 Å². The van der Waals surface area contributed by atoms with Gasteiger partial charge in [0.2, 0.25) is 0 Å². The molecule has 6 nitrogen and oxygen atoms in total. The van der Waals surface area contributed by atoms with Gasteiger partial charge in [0.25, 0.3) is 0 Å². The molecule has 0 radical (unpaired) electrons. The second-order valence-corrected chi connectivity index (χ2v) is 5.08. The molecule has 1 aliphatic rings. The van der Waals surface area contributed by atoms with Crippen LogP contribution in [-0.4, -0.2) is 53.7 Å². The number of carboxylic acid groups (broad SMARTS) is 1. The number of likely N-dealkylation sites (N-methyl/N-ethyl adjacent to an activating group) is 1. The third-order valence-electron chi connectivity index (χ3n) is 3.49. The normalized spacial score (nSPS) is 18.2. The zero-order valence-electron chi connectivity index (χ0n) is 11.3. The van der Waals surface area contributed by atoms with Crippen molar-refractivity contribution in [2.75, 3.05) is 20.1 Å². The monoisotopic (exact) mass is 257 g/mol. The summed E-state index contributed by atoms with van der Waals surface area (Å²) in [6.07, 6.45) is 2.81. The number of aliphatic carboxylic acids is 1. The van der Waals surface area contributed by atoms with Crippen molar-refractivity contribution >= 4 is 12.0 Å². The first-order chi connectivity index (χ1) is 8.39. The fourth-order valence-corrected chi connectivity index (χ4v) is 1.63. The highest BCUT2D eigenvalue weighted by Gasteiger charge is 2.32. The lowest BCUT2D eigenvalue weighted by molar-refractivity contribution is -0.143. The number of hydrogen-bond acceptors (Lipinski definition) is 3. The molecule has 2 amide bonds. The van der Waals surface area contributed by atoms with E-state index in [2.05, 4.69) is 15.5 Å². The number of carbonyl (C=O) groups excluding carboxylic acids is 1. The molecule has 0 aliphatic heterocycles. The molecular weight excluding hydrogens is 234 g/mol. The van der Waals surface area contributed by atoms with Gasteiger partial charge in [0.15, 0.2) is 0 Å². The van der Waals surface area contributed by atoms with Gasteiger partial charge in [-0.05, 0) is 33.2 Å². The van der Waals surface area contributed by atoms with Crippen LogP contribution in [0, 0.1) is 0 Å². The molecule has 0 aromatic rings. The molecule has 104 valence electrons. The molecule has 0 bridgehead atoms. The maximum absolute atomic E-state index is 11.6. The number of amides is 2. The van der Waals surface area contributed by atoms with Gasteiger partial charge in [0, 0.05) is 19.1 Å². The standard InChI is InChI=1S/C12H23N3O3/c1-4-12(2,10(16)17)14-11(18)13-7-8-15(3)9-5-6-9/h9H,4-8H2,1-3H3,(H,16,17)(H2,13,14,18). The van der Waals surface area contributed by atoms with Crippen molar-refractivity contribution in [2.24, 2.45) is 0 Å². The van der Waals surface area contributed by atoms with Crippen molar-refractivity contribution in [1.82, 2.24) is 15.5 Å². The highest BCUT2D eigenvalue weighted by Crippen LogP contribution is 2.24. The van der Waals surface area contributed by atoms with Gasteiger partial charge in [-0.25, -0.2) is 9.59 Å². The number of nitrogens with one attached hydrogen (secondary N) is 2. The van der Waals surface area contributed by atoms with Crippen molar-refractivity contribution < 1.29 is 14.7 Å². The maximum Gasteiger partial charge on any atom is 0.329 e. The van der Waals surface area contributed by atoms with Crippen LogP contribution in [0.15, 0.2) is 0 Å². The molecule has 3 N–H and O–H groups in total. The molecule has 1 saturated carbocycles. The average molecular weight is 257 g/mol. The molecule has 0 aromatic carbocycles. The Hall–Kier alpha value is -1.30. The zero-order chi connectivity index (χ0) is 13.8. The molecule has 1 unspecified atom stereocenters. The predicted octanol–water partition coefficient (Wildman–Crippen LogP) is 0.633. The third kappa shape index (κ3) is 4.18. The Bertz CT molecular complexity index is 318. The SMILES string of the molecule is CCC(C)(NC(=O)NCCN(C)C1CC1)C(=O)O. The summed E-state index contributed by atoms with van der Waals surface area (Å²) in [4.78, 5) is 24.8. The fraction of sp³-hybridized carbons (Fsp3) is 0.833. The minimum atomic E-state index is -1.20. The molecule has 1 aliphatic carbocycles. The minimum absolute atomic E-state index is 0.345. The van der Waals surface area contributed by atoms with Gasteiger partial charge in [-0.1, -0.05) is 6.92 Å². The summed E-state index contributed by atoms with van der Waals surface area (Å²) < 4.78 is 0. The van der Waals surface area contributed by atoms with Crippen molar-refractivity contribution in [1.29, 1.82) is 0 Å². The van der Waals surface area contributed by atoms with Crippen LogP contribution in [0.25, 0.3) is 0 Å². The molecule has 18 heavy (non-hydrogen) atoms. The quantitative estimate of drug-likeness (QED) is 0.625. The second-order valence-electron chi connectivity index (χ2n) is 5.08. The lowest BCUT2D eigenvalue weighted by Crippen LogP contribution is -2.55. The van der Waals surface area contributed by atoms with E-state index in [9.17, 15) is 9.59 Å². The predicted molar refractivity (Wildman–Crippen MR) is 68.5 cm³/mol. The fourth-order valence-electron chi connectivity index (χ4n) is 1.63. The summed E-state index contributed by atoms with van der Waals surface area (Å²) in [7, 11) is 2.03. The first-order valence-corrected chi connectivity index (χ1v) is 6.38. The number of nitrogens with zero attached hydrogens (tertiary/aromatic N) is 1. The average Bonchev–Trinajstić information content (AvgIpc) is 3.12. The summed E-state index contributed by atoms with van der Waals surface area (Å²) in [5.74, 6) is -1.02. The number of hydrogen-bond donors (Lipinski definition) is 3. The largest absolute Gasteiger partial charge is 0.480 e. The van der Waals surface area contributed by atoms with Crippen LogP contribution in [0.1, 0.15) is 33.1 Å². The van der Waals surface area contributed by atoms with Gasteiger partial charge in [0.05, 0.1) is 0 Å². The first kappa shape index (κ1) is 14.8. The molecule has 0 saturated heterocycles. The second kappa shape index (κ2) is 6.04. The van der Waals surface area contributed by atoms with E-state index in [1.54, 1.807) is 6.92 Å². The zero-order valence-corrected chi connectivity index (χ0v) is 11.3. The van der Waals surface area contributed by atoms with Gasteiger partial charge < -0.3 is 20.6 Å². The van der Waals surface area contributed by atoms with Crippen LogP contribution in [0.5, 0.6) is 0 Å². The molecule has 0 aromatic heterocycles. The Kier molecular flexibility index (Phi) is 4.95. The summed E-state index contributed by atoms with van der Waals surface area (Å²) >= 11 is 0. The lowest BCUT2D eigenvalue weighted by Gasteiger charge is -2.25. The number of carbonyl (C=O) groups is 2. The van der Waals surface area contributed by atoms with Gasteiger partial charge >= 0.3 is 12.0 Å². The molecule has 0 heterocycles. The molecule has 0 spiro atoms. The summed E-state index contributed by atoms with van der Waals surface area (Å²) in [6.45, 7) is 4.55. The first-order valence-electron chi connectivity index (χ1n) is 6.38. The molecular formula is C12H23N3O3. The van der Waals surface area contributed by atoms with Crippen LogP contribution in [-0.2, 0) is 4.79 Å². The molecule has 1 rings (SSSR count). The molecule has 1 atom stereocenters. The van der Waals surface area contributed by atoms with E-state index >= 15 is 0 Å². The van der Waals surface area contributed by atoms with Crippen molar-refractivity contribution in [3.8, 4) is 0 Å². The highest BCUT2D eigenvalue weighted by molar-refractivity contribution is 5.85. The van der Waals surface area contributed by atoms with Crippen molar-refractivity contribution in [3.05, 3.63) is 0 Å². The lowest BCUT2D eigenvalue weighted by atomic mass is 10.00. The van der Waals surface area contributed by atoms with E-state index in [4.69, 9.17) is 5.11 Å². The van der Waals surface area contributed by atoms with Crippen LogP contribution in [0.4, 0.5) is 4.79 Å². The van der Waals surface area contributed by atoms with Crippen molar-refractivity contribution in [3.63, 3.8) is 0 Å². The van der Waals surface area contributed by atoms with Gasteiger partial charge in [0.1, 0.15) is 5.54 Å². The highest BCUT2D eigenvalue weighted by atomic mass is 16.4. The summed E-state index contributed by atoms with van der Waals surface area (Å²) in [5, 5.41) is 14.2. The molecule has 1 fully saturated rings. The summed E-state index contributed by atoms with van der Waals surface area (Å²) in [6, 6.07) is 0.237. The maximum atomic E-state index is 11.6. The Morgan fingerprint density at radius 1 is 1.44 bits per heavy atom. The number of rotatable bonds is 7. The van der Waals surface area contributed by atoms with E-state index in [1.807, 2.05) is 7.05 Å². The van der Waals surface area contributed by atoms with E-state index < -0.39 is 17.5 Å². The Labute approximate surface area is 108 Å². The van der Waals surface area contributed by atoms with Gasteiger partial charge in [-0.3, -0.25) is 0 Å². The third-order valence-corrected chi connectivity index (χ3v) is 3.49. The number of carboxylic acids is 1. The Balaban J connectivity index is 2.25. The van der Waals surface area contributed by atoms with Gasteiger partial charge in [-0.15, -0.1) is 0 Å². The summed E-state index contributed by atoms with van der Waals surface area (Å²) in [5.41, 5.74) is -1.20. The Morgan fingerprint density at radius 3 is 2.50 bits per heavy atom. The topological polar surface area (TPSA) is 81.7 Å². The van der Waals surface area contributed by atoms with Crippen LogP contribution < -0.4 is 10.6 Å². The van der Waals surface area contributed by atoms with Crippen LogP contribution in [0.2, 0.25) is 0 Å². The van der Waals surface area contributed by atoms with Crippen molar-refractivity contribution in [2.45, 2.75) is 44.7 Å². The van der Waals surface area contributed by atoms with E-state index in [0.717, 1.165) is 6.54 Å². The van der Waals surface area contributed by atoms with Gasteiger partial charge in [-0.2, -0.15) is 0 Å². The number of urea groups is 1. The van der Waals surface area contributed by atoms with E-state index in [0.29, 0.717) is 19.0 Å². The van der Waals surface area contributed by atoms with E-state index in [-0.39, 0.29) is 0 Å². The smallest absolute Gasteiger partial charge is 0.329 e.